The Kier molecular flexibility index (Phi) is 1.98. The molecule has 2 rings (SSSR count). The maximum absolute atomic E-state index is 12.6. The molecule has 0 aliphatic heterocycles. The molecule has 0 amide bonds. The highest BCUT2D eigenvalue weighted by atomic mass is 19.4. The summed E-state index contributed by atoms with van der Waals surface area (Å²) in [4.78, 5) is 11.2. The van der Waals surface area contributed by atoms with E-state index in [1.807, 2.05) is 0 Å². The van der Waals surface area contributed by atoms with Gasteiger partial charge in [-0.05, 0) is 25.2 Å². The lowest BCUT2D eigenvalue weighted by Crippen LogP contribution is -2.36. The Balaban J connectivity index is 2.31. The molecule has 2 aliphatic carbocycles. The van der Waals surface area contributed by atoms with Crippen molar-refractivity contribution in [3.63, 3.8) is 0 Å². The van der Waals surface area contributed by atoms with Crippen LogP contribution in [0.2, 0.25) is 0 Å². The van der Waals surface area contributed by atoms with E-state index in [-0.39, 0.29) is 11.7 Å². The lowest BCUT2D eigenvalue weighted by Gasteiger charge is -2.27. The molecule has 0 aromatic heterocycles. The largest absolute Gasteiger partial charge is 0.393 e. The lowest BCUT2D eigenvalue weighted by molar-refractivity contribution is -0.194. The van der Waals surface area contributed by atoms with Crippen molar-refractivity contribution < 1.29 is 18.0 Å². The fourth-order valence-electron chi connectivity index (χ4n) is 2.82. The van der Waals surface area contributed by atoms with Gasteiger partial charge < -0.3 is 0 Å². The quantitative estimate of drug-likeness (QED) is 0.600. The van der Waals surface area contributed by atoms with Gasteiger partial charge in [-0.2, -0.15) is 13.2 Å². The number of hydrogen-bond donors (Lipinski definition) is 0. The molecule has 4 atom stereocenters. The number of ketones is 1. The van der Waals surface area contributed by atoms with Crippen molar-refractivity contribution in [1.82, 2.24) is 0 Å². The van der Waals surface area contributed by atoms with E-state index in [9.17, 15) is 18.0 Å². The Hall–Kier alpha value is -0.800. The van der Waals surface area contributed by atoms with E-state index >= 15 is 0 Å². The maximum atomic E-state index is 12.6. The normalized spacial score (nSPS) is 40.6. The highest BCUT2D eigenvalue weighted by molar-refractivity contribution is 5.80. The number of Topliss-reactive ketones (excluding diaryl/α,β-unsaturated/α-hetero) is 1. The molecule has 0 unspecified atom stereocenters. The highest BCUT2D eigenvalue weighted by Crippen LogP contribution is 2.54. The molecule has 2 aliphatic rings. The molecule has 1 fully saturated rings. The average Bonchev–Trinajstić information content (AvgIpc) is 2.58. The summed E-state index contributed by atoms with van der Waals surface area (Å²) >= 11 is 0. The number of rotatable bonds is 1. The summed E-state index contributed by atoms with van der Waals surface area (Å²) in [6, 6.07) is 0. The van der Waals surface area contributed by atoms with E-state index in [1.165, 1.54) is 6.92 Å². The molecule has 0 radical (unpaired) electrons. The molecule has 1 saturated carbocycles. The number of halogens is 3. The van der Waals surface area contributed by atoms with Crippen LogP contribution in [0.3, 0.4) is 0 Å². The molecule has 0 spiro atoms. The monoisotopic (exact) mass is 204 g/mol. The Morgan fingerprint density at radius 3 is 2.29 bits per heavy atom. The average molecular weight is 204 g/mol. The van der Waals surface area contributed by atoms with Gasteiger partial charge in [-0.25, -0.2) is 0 Å². The molecule has 2 bridgehead atoms. The summed E-state index contributed by atoms with van der Waals surface area (Å²) < 4.78 is 37.9. The van der Waals surface area contributed by atoms with Crippen molar-refractivity contribution >= 4 is 5.78 Å². The van der Waals surface area contributed by atoms with Gasteiger partial charge in [-0.1, -0.05) is 12.2 Å². The van der Waals surface area contributed by atoms with Gasteiger partial charge >= 0.3 is 6.18 Å². The molecule has 78 valence electrons. The number of alkyl halides is 3. The summed E-state index contributed by atoms with van der Waals surface area (Å²) in [5, 5.41) is 0. The van der Waals surface area contributed by atoms with Crippen LogP contribution < -0.4 is 0 Å². The summed E-state index contributed by atoms with van der Waals surface area (Å²) in [7, 11) is 0. The second-order valence-electron chi connectivity index (χ2n) is 4.15. The third-order valence-electron chi connectivity index (χ3n) is 3.31. The third-order valence-corrected chi connectivity index (χ3v) is 3.31. The van der Waals surface area contributed by atoms with Crippen molar-refractivity contribution in [2.75, 3.05) is 0 Å². The Morgan fingerprint density at radius 2 is 1.86 bits per heavy atom. The van der Waals surface area contributed by atoms with Crippen LogP contribution in [0.15, 0.2) is 12.2 Å². The minimum atomic E-state index is -4.24. The fourth-order valence-corrected chi connectivity index (χ4v) is 2.82. The number of carbonyl (C=O) groups excluding carboxylic acids is 1. The first kappa shape index (κ1) is 9.74. The molecule has 0 aromatic carbocycles. The zero-order chi connectivity index (χ0) is 10.5. The first-order valence-electron chi connectivity index (χ1n) is 4.66. The van der Waals surface area contributed by atoms with Crippen molar-refractivity contribution in [3.8, 4) is 0 Å². The van der Waals surface area contributed by atoms with E-state index in [0.29, 0.717) is 6.42 Å². The Bertz CT molecular complexity index is 292. The highest BCUT2D eigenvalue weighted by Gasteiger charge is 2.58. The topological polar surface area (TPSA) is 17.1 Å². The van der Waals surface area contributed by atoms with Gasteiger partial charge in [-0.3, -0.25) is 4.79 Å². The van der Waals surface area contributed by atoms with Crippen LogP contribution in [0.5, 0.6) is 0 Å². The second kappa shape index (κ2) is 2.84. The number of fused-ring (bicyclic) bond motifs is 2. The van der Waals surface area contributed by atoms with Gasteiger partial charge in [0.2, 0.25) is 0 Å². The molecule has 0 aromatic rings. The predicted octanol–water partition coefficient (Wildman–Crippen LogP) is 2.58. The zero-order valence-electron chi connectivity index (χ0n) is 7.71. The molecular formula is C10H11F3O. The summed E-state index contributed by atoms with van der Waals surface area (Å²) in [6.07, 6.45) is -0.365. The molecule has 14 heavy (non-hydrogen) atoms. The van der Waals surface area contributed by atoms with E-state index in [2.05, 4.69) is 0 Å². The van der Waals surface area contributed by atoms with Crippen LogP contribution in [0.1, 0.15) is 13.3 Å². The Morgan fingerprint density at radius 1 is 1.29 bits per heavy atom. The van der Waals surface area contributed by atoms with E-state index < -0.39 is 23.9 Å². The lowest BCUT2D eigenvalue weighted by atomic mass is 9.80. The molecule has 4 heteroatoms. The first-order valence-corrected chi connectivity index (χ1v) is 4.66. The van der Waals surface area contributed by atoms with Gasteiger partial charge in [0.05, 0.1) is 5.92 Å². The zero-order valence-corrected chi connectivity index (χ0v) is 7.71. The van der Waals surface area contributed by atoms with Crippen LogP contribution in [0, 0.1) is 23.7 Å². The Labute approximate surface area is 80.0 Å². The maximum Gasteiger partial charge on any atom is 0.393 e. The van der Waals surface area contributed by atoms with Gasteiger partial charge in [0, 0.05) is 5.92 Å². The standard InChI is InChI=1S/C10H11F3O/c1-5(14)8-6-2-3-7(4-6)9(8)10(11,12)13/h2-3,6-9H,4H2,1H3/t6-,7-,8+,9-/m0/s1. The molecule has 0 heterocycles. The molecule has 0 saturated heterocycles. The minimum absolute atomic E-state index is 0.177. The SMILES string of the molecule is CC(=O)[C@H]1[C@@H](C(F)(F)F)[C@H]2C=C[C@H]1C2. The van der Waals surface area contributed by atoms with Crippen molar-refractivity contribution in [2.45, 2.75) is 19.5 Å². The molecule has 0 N–H and O–H groups in total. The van der Waals surface area contributed by atoms with Gasteiger partial charge in [0.25, 0.3) is 0 Å². The second-order valence-corrected chi connectivity index (χ2v) is 4.15. The van der Waals surface area contributed by atoms with Crippen molar-refractivity contribution in [2.24, 2.45) is 23.7 Å². The number of carbonyl (C=O) groups is 1. The van der Waals surface area contributed by atoms with E-state index in [1.54, 1.807) is 12.2 Å². The fraction of sp³-hybridized carbons (Fsp3) is 0.700. The number of allylic oxidation sites excluding steroid dienone is 2. The van der Waals surface area contributed by atoms with Crippen LogP contribution in [0.25, 0.3) is 0 Å². The van der Waals surface area contributed by atoms with Gasteiger partial charge in [0.15, 0.2) is 0 Å². The smallest absolute Gasteiger partial charge is 0.300 e. The van der Waals surface area contributed by atoms with E-state index in [0.717, 1.165) is 0 Å². The van der Waals surface area contributed by atoms with Gasteiger partial charge in [-0.15, -0.1) is 0 Å². The van der Waals surface area contributed by atoms with Crippen LogP contribution in [-0.2, 0) is 4.79 Å². The van der Waals surface area contributed by atoms with Crippen molar-refractivity contribution in [1.29, 1.82) is 0 Å². The van der Waals surface area contributed by atoms with Crippen molar-refractivity contribution in [3.05, 3.63) is 12.2 Å². The number of hydrogen-bond acceptors (Lipinski definition) is 1. The van der Waals surface area contributed by atoms with Crippen LogP contribution >= 0.6 is 0 Å². The summed E-state index contributed by atoms with van der Waals surface area (Å²) in [5.41, 5.74) is 0. The minimum Gasteiger partial charge on any atom is -0.300 e. The van der Waals surface area contributed by atoms with Gasteiger partial charge in [0.1, 0.15) is 5.78 Å². The first-order chi connectivity index (χ1) is 6.41. The third kappa shape index (κ3) is 1.28. The summed E-state index contributed by atoms with van der Waals surface area (Å²) in [5.74, 6) is -3.23. The predicted molar refractivity (Wildman–Crippen MR) is 44.5 cm³/mol. The molecular weight excluding hydrogens is 193 g/mol. The molecule has 1 nitrogen and oxygen atoms in total. The summed E-state index contributed by atoms with van der Waals surface area (Å²) in [6.45, 7) is 1.26. The van der Waals surface area contributed by atoms with Crippen LogP contribution in [-0.4, -0.2) is 12.0 Å². The van der Waals surface area contributed by atoms with E-state index in [4.69, 9.17) is 0 Å². The van der Waals surface area contributed by atoms with Crippen LogP contribution in [0.4, 0.5) is 13.2 Å².